The zero-order valence-electron chi connectivity index (χ0n) is 11.4. The standard InChI is InChI=1S/C12H16BF4O.K/c1-3-4-9(2)8-18-12-6-5-10(14)7-11(12)13(15,16)17;/h5-7,9H,3-4,8H2,1-2H3;/q-1;+1. The van der Waals surface area contributed by atoms with E-state index in [4.69, 9.17) is 4.74 Å². The molecule has 1 unspecified atom stereocenters. The van der Waals surface area contributed by atoms with Gasteiger partial charge >= 0.3 is 58.4 Å². The van der Waals surface area contributed by atoms with Crippen LogP contribution in [0.3, 0.4) is 0 Å². The SMILES string of the molecule is CCCC(C)COc1ccc(F)cc1[B-](F)(F)F.[K+]. The van der Waals surface area contributed by atoms with Gasteiger partial charge in [0.15, 0.2) is 0 Å². The summed E-state index contributed by atoms with van der Waals surface area (Å²) in [7, 11) is 0. The maximum Gasteiger partial charge on any atom is 1.00 e. The van der Waals surface area contributed by atoms with E-state index in [1.165, 1.54) is 0 Å². The van der Waals surface area contributed by atoms with E-state index in [0.29, 0.717) is 6.07 Å². The van der Waals surface area contributed by atoms with E-state index >= 15 is 0 Å². The number of ether oxygens (including phenoxy) is 1. The van der Waals surface area contributed by atoms with Crippen LogP contribution in [0.2, 0.25) is 0 Å². The van der Waals surface area contributed by atoms with E-state index in [2.05, 4.69) is 0 Å². The Morgan fingerprint density at radius 3 is 2.42 bits per heavy atom. The van der Waals surface area contributed by atoms with Gasteiger partial charge in [0.2, 0.25) is 0 Å². The molecule has 0 saturated carbocycles. The summed E-state index contributed by atoms with van der Waals surface area (Å²) in [5, 5.41) is 0. The fourth-order valence-electron chi connectivity index (χ4n) is 1.71. The Morgan fingerprint density at radius 1 is 1.26 bits per heavy atom. The van der Waals surface area contributed by atoms with E-state index in [1.807, 2.05) is 13.8 Å². The monoisotopic (exact) mass is 302 g/mol. The molecule has 1 rings (SSSR count). The summed E-state index contributed by atoms with van der Waals surface area (Å²) in [4.78, 5) is 0. The van der Waals surface area contributed by atoms with Crippen LogP contribution in [0.15, 0.2) is 18.2 Å². The van der Waals surface area contributed by atoms with Crippen molar-refractivity contribution in [2.75, 3.05) is 6.61 Å². The molecule has 0 aliphatic heterocycles. The molecule has 0 N–H and O–H groups in total. The number of hydrogen-bond acceptors (Lipinski definition) is 1. The topological polar surface area (TPSA) is 9.23 Å². The van der Waals surface area contributed by atoms with Crippen molar-refractivity contribution in [1.29, 1.82) is 0 Å². The molecular weight excluding hydrogens is 286 g/mol. The molecule has 0 amide bonds. The molecule has 102 valence electrons. The molecule has 0 fully saturated rings. The van der Waals surface area contributed by atoms with Crippen LogP contribution in [-0.2, 0) is 0 Å². The van der Waals surface area contributed by atoms with Gasteiger partial charge in [0.1, 0.15) is 5.82 Å². The third kappa shape index (κ3) is 6.62. The first-order valence-corrected chi connectivity index (χ1v) is 5.96. The summed E-state index contributed by atoms with van der Waals surface area (Å²) in [6, 6.07) is 2.50. The maximum atomic E-state index is 12.9. The molecule has 0 bridgehead atoms. The van der Waals surface area contributed by atoms with Crippen molar-refractivity contribution < 1.29 is 73.5 Å². The predicted octanol–water partition coefficient (Wildman–Crippen LogP) is 0.699. The Kier molecular flexibility index (Phi) is 8.87. The molecule has 0 spiro atoms. The van der Waals surface area contributed by atoms with Gasteiger partial charge in [0, 0.05) is 0 Å². The van der Waals surface area contributed by atoms with Crippen LogP contribution in [0.1, 0.15) is 26.7 Å². The first kappa shape index (κ1) is 19.4. The Bertz CT molecular complexity index is 398. The van der Waals surface area contributed by atoms with Crippen LogP contribution in [0.5, 0.6) is 5.75 Å². The Morgan fingerprint density at radius 2 is 1.89 bits per heavy atom. The largest absolute Gasteiger partial charge is 1.00 e. The van der Waals surface area contributed by atoms with Gasteiger partial charge in [-0.05, 0) is 30.5 Å². The number of benzene rings is 1. The average molecular weight is 302 g/mol. The second-order valence-corrected chi connectivity index (χ2v) is 4.46. The third-order valence-electron chi connectivity index (χ3n) is 2.63. The molecule has 19 heavy (non-hydrogen) atoms. The molecular formula is C12H16BF4KO. The Labute approximate surface area is 153 Å². The van der Waals surface area contributed by atoms with Crippen molar-refractivity contribution in [2.24, 2.45) is 5.92 Å². The minimum absolute atomic E-state index is 0. The van der Waals surface area contributed by atoms with Gasteiger partial charge in [0.25, 0.3) is 0 Å². The minimum Gasteiger partial charge on any atom is -0.496 e. The van der Waals surface area contributed by atoms with Crippen molar-refractivity contribution in [3.05, 3.63) is 24.0 Å². The molecule has 0 aliphatic carbocycles. The summed E-state index contributed by atoms with van der Waals surface area (Å²) >= 11 is 0. The van der Waals surface area contributed by atoms with Gasteiger partial charge in [0.05, 0.1) is 12.4 Å². The van der Waals surface area contributed by atoms with Crippen LogP contribution >= 0.6 is 0 Å². The summed E-state index contributed by atoms with van der Waals surface area (Å²) in [5.41, 5.74) is -1.00. The predicted molar refractivity (Wildman–Crippen MR) is 64.7 cm³/mol. The van der Waals surface area contributed by atoms with Crippen molar-refractivity contribution in [3.8, 4) is 5.75 Å². The molecule has 7 heteroatoms. The van der Waals surface area contributed by atoms with E-state index in [1.54, 1.807) is 0 Å². The van der Waals surface area contributed by atoms with Crippen molar-refractivity contribution in [2.45, 2.75) is 26.7 Å². The summed E-state index contributed by atoms with van der Waals surface area (Å²) in [6.07, 6.45) is 1.83. The van der Waals surface area contributed by atoms with Crippen LogP contribution in [-0.4, -0.2) is 13.6 Å². The number of hydrogen-bond donors (Lipinski definition) is 0. The zero-order valence-corrected chi connectivity index (χ0v) is 14.6. The second-order valence-electron chi connectivity index (χ2n) is 4.46. The zero-order chi connectivity index (χ0) is 13.8. The van der Waals surface area contributed by atoms with Crippen LogP contribution in [0, 0.1) is 11.7 Å². The van der Waals surface area contributed by atoms with E-state index < -0.39 is 18.3 Å². The molecule has 0 heterocycles. The van der Waals surface area contributed by atoms with Gasteiger partial charge in [-0.1, -0.05) is 25.7 Å². The molecule has 1 aromatic carbocycles. The Hall–Kier alpha value is 0.441. The van der Waals surface area contributed by atoms with Crippen LogP contribution in [0.4, 0.5) is 17.3 Å². The van der Waals surface area contributed by atoms with Gasteiger partial charge in [-0.25, -0.2) is 4.39 Å². The van der Waals surface area contributed by atoms with Gasteiger partial charge in [-0.3, -0.25) is 0 Å². The quantitative estimate of drug-likeness (QED) is 0.555. The smallest absolute Gasteiger partial charge is 0.496 e. The summed E-state index contributed by atoms with van der Waals surface area (Å²) in [5.74, 6) is -1.02. The molecule has 0 radical (unpaired) electrons. The first-order chi connectivity index (χ1) is 8.34. The molecule has 1 atom stereocenters. The van der Waals surface area contributed by atoms with E-state index in [0.717, 1.165) is 25.0 Å². The summed E-state index contributed by atoms with van der Waals surface area (Å²) < 4.78 is 56.2. The number of halogens is 4. The fourth-order valence-corrected chi connectivity index (χ4v) is 1.71. The number of rotatable bonds is 6. The van der Waals surface area contributed by atoms with Crippen LogP contribution in [0.25, 0.3) is 0 Å². The molecule has 1 nitrogen and oxygen atoms in total. The van der Waals surface area contributed by atoms with Gasteiger partial charge in [-0.2, -0.15) is 0 Å². The van der Waals surface area contributed by atoms with Gasteiger partial charge < -0.3 is 17.7 Å². The van der Waals surface area contributed by atoms with Crippen molar-refractivity contribution in [1.82, 2.24) is 0 Å². The normalized spacial score (nSPS) is 12.7. The van der Waals surface area contributed by atoms with Crippen molar-refractivity contribution >= 4 is 12.4 Å². The second kappa shape index (κ2) is 8.67. The van der Waals surface area contributed by atoms with Gasteiger partial charge in [-0.15, -0.1) is 0 Å². The molecule has 0 aromatic heterocycles. The Balaban J connectivity index is 0.00000324. The maximum absolute atomic E-state index is 12.9. The molecule has 0 aliphatic rings. The molecule has 1 aromatic rings. The summed E-state index contributed by atoms with van der Waals surface area (Å²) in [6.45, 7) is -1.15. The minimum atomic E-state index is -5.26. The van der Waals surface area contributed by atoms with Crippen LogP contribution < -0.4 is 61.6 Å². The van der Waals surface area contributed by atoms with E-state index in [9.17, 15) is 17.3 Å². The fraction of sp³-hybridized carbons (Fsp3) is 0.500. The average Bonchev–Trinajstić information content (AvgIpc) is 2.26. The van der Waals surface area contributed by atoms with Crippen molar-refractivity contribution in [3.63, 3.8) is 0 Å². The molecule has 0 saturated heterocycles. The van der Waals surface area contributed by atoms with E-state index in [-0.39, 0.29) is 69.7 Å². The first-order valence-electron chi connectivity index (χ1n) is 5.96. The third-order valence-corrected chi connectivity index (χ3v) is 2.63.